The quantitative estimate of drug-likeness (QED) is 0.0258. The number of para-hydroxylation sites is 1. The van der Waals surface area contributed by atoms with Crippen molar-refractivity contribution >= 4 is 42.3 Å². The molecule has 102 heavy (non-hydrogen) atoms. The molecule has 1 fully saturated rings. The first-order valence-electron chi connectivity index (χ1n) is 33.2. The Hall–Kier alpha value is -8.20. The number of hydrogen-bond donors (Lipinski definition) is 0. The van der Waals surface area contributed by atoms with Gasteiger partial charge in [0.2, 0.25) is 0 Å². The van der Waals surface area contributed by atoms with Crippen molar-refractivity contribution in [1.29, 1.82) is 0 Å². The second-order valence-electron chi connectivity index (χ2n) is 23.6. The Labute approximate surface area is 592 Å². The van der Waals surface area contributed by atoms with Crippen molar-refractivity contribution in [3.05, 3.63) is 347 Å². The van der Waals surface area contributed by atoms with Gasteiger partial charge in [-0.15, -0.1) is 5.10 Å². The molecular weight excluding hydrogens is 1380 g/mol. The molecule has 6 atom stereocenters. The van der Waals surface area contributed by atoms with Gasteiger partial charge in [-0.1, -0.05) is 290 Å². The minimum atomic E-state index is -5.30. The highest BCUT2D eigenvalue weighted by Crippen LogP contribution is 2.63. The molecule has 12 rings (SSSR count). The van der Waals surface area contributed by atoms with E-state index >= 15 is 18.3 Å². The lowest BCUT2D eigenvalue weighted by Gasteiger charge is -2.49. The van der Waals surface area contributed by atoms with E-state index in [9.17, 15) is 0 Å². The van der Waals surface area contributed by atoms with E-state index in [1.807, 2.05) is 54.6 Å². The molecule has 1 heterocycles. The molecule has 0 saturated heterocycles. The van der Waals surface area contributed by atoms with Crippen LogP contribution in [0.15, 0.2) is 297 Å². The van der Waals surface area contributed by atoms with Crippen molar-refractivity contribution < 1.29 is 82.1 Å². The van der Waals surface area contributed by atoms with Crippen molar-refractivity contribution in [2.75, 3.05) is 6.61 Å². The maximum absolute atomic E-state index is 16.7. The summed E-state index contributed by atoms with van der Waals surface area (Å²) in [5, 5.41) is 8.92. The molecule has 1 aliphatic rings. The zero-order valence-electron chi connectivity index (χ0n) is 55.5. The molecule has 0 amide bonds. The van der Waals surface area contributed by atoms with E-state index in [1.54, 1.807) is 243 Å². The first-order chi connectivity index (χ1) is 49.9. The number of aromatic nitrogens is 3. The molecule has 1 aliphatic carbocycles. The zero-order valence-corrected chi connectivity index (χ0v) is 59.1. The summed E-state index contributed by atoms with van der Waals surface area (Å²) in [6.45, 7) is -3.20. The Morgan fingerprint density at radius 1 is 0.275 bits per heavy atom. The van der Waals surface area contributed by atoms with Crippen LogP contribution in [0, 0.1) is 0 Å². The van der Waals surface area contributed by atoms with Crippen LogP contribution in [0.1, 0.15) is 56.5 Å². The fourth-order valence-corrected chi connectivity index (χ4v) is 16.3. The predicted octanol–water partition coefficient (Wildman–Crippen LogP) is 18.0. The second-order valence-corrected chi connectivity index (χ2v) is 30.1. The number of nitrogens with zero attached hydrogens (tertiary/aromatic N) is 3. The number of phosphoric ester groups is 4. The molecular formula is C77H77N3O18P4. The van der Waals surface area contributed by atoms with Gasteiger partial charge in [0.05, 0.1) is 52.9 Å². The molecule has 0 N–H and O–H groups in total. The molecule has 0 unspecified atom stereocenters. The molecule has 1 aromatic heterocycles. The smallest absolute Gasteiger partial charge is 0.386 e. The minimum absolute atomic E-state index is 0.152. The Morgan fingerprint density at radius 2 is 0.510 bits per heavy atom. The molecule has 528 valence electrons. The van der Waals surface area contributed by atoms with E-state index in [4.69, 9.17) is 63.9 Å². The van der Waals surface area contributed by atoms with Crippen LogP contribution < -0.4 is 4.84 Å². The van der Waals surface area contributed by atoms with Crippen molar-refractivity contribution in [3.8, 4) is 0 Å². The zero-order chi connectivity index (χ0) is 70.1. The second kappa shape index (κ2) is 36.8. The van der Waals surface area contributed by atoms with Crippen molar-refractivity contribution in [1.82, 2.24) is 15.2 Å². The monoisotopic (exact) mass is 1460 g/mol. The summed E-state index contributed by atoms with van der Waals surface area (Å²) in [4.78, 5) is 8.27. The van der Waals surface area contributed by atoms with Gasteiger partial charge in [-0.3, -0.25) is 54.3 Å². The highest BCUT2D eigenvalue weighted by molar-refractivity contribution is 7.49. The number of rotatable bonds is 39. The molecule has 25 heteroatoms. The van der Waals surface area contributed by atoms with Gasteiger partial charge < -0.3 is 9.57 Å². The van der Waals surface area contributed by atoms with Crippen LogP contribution in [0.4, 0.5) is 0 Å². The number of aryl methyl sites for hydroxylation is 1. The van der Waals surface area contributed by atoms with E-state index in [2.05, 4.69) is 10.3 Å². The number of ether oxygens (including phenoxy) is 1. The highest BCUT2D eigenvalue weighted by atomic mass is 31.2. The van der Waals surface area contributed by atoms with Crippen LogP contribution in [0.2, 0.25) is 0 Å². The van der Waals surface area contributed by atoms with Gasteiger partial charge in [0.25, 0.3) is 0 Å². The number of benzene rings is 10. The van der Waals surface area contributed by atoms with E-state index in [-0.39, 0.29) is 33.0 Å². The predicted molar refractivity (Wildman–Crippen MR) is 382 cm³/mol. The first-order valence-corrected chi connectivity index (χ1v) is 39.0. The van der Waals surface area contributed by atoms with Gasteiger partial charge in [0, 0.05) is 6.61 Å². The molecule has 11 aromatic rings. The Balaban J connectivity index is 1.10. The molecule has 10 aromatic carbocycles. The molecule has 21 nitrogen and oxygen atoms in total. The molecule has 0 radical (unpaired) electrons. The van der Waals surface area contributed by atoms with E-state index in [0.29, 0.717) is 68.4 Å². The summed E-state index contributed by atoms with van der Waals surface area (Å²) in [6, 6.07) is 87.5. The number of phosphoric acid groups is 4. The van der Waals surface area contributed by atoms with Gasteiger partial charge in [0.1, 0.15) is 41.6 Å². The third-order valence-electron chi connectivity index (χ3n) is 16.1. The highest BCUT2D eigenvalue weighted by Gasteiger charge is 2.63. The molecule has 1 saturated carbocycles. The summed E-state index contributed by atoms with van der Waals surface area (Å²) in [7, 11) is -21.0. The molecule has 0 aliphatic heterocycles. The topological polar surface area (TPSA) is 228 Å². The first kappa shape index (κ1) is 73.5. The molecule has 0 spiro atoms. The Bertz CT molecular complexity index is 4310. The van der Waals surface area contributed by atoms with E-state index < -0.39 is 94.3 Å². The normalized spacial score (nSPS) is 17.3. The maximum atomic E-state index is 16.7. The van der Waals surface area contributed by atoms with Gasteiger partial charge in [0.15, 0.2) is 6.10 Å². The van der Waals surface area contributed by atoms with Gasteiger partial charge in [-0.05, 0) is 80.3 Å². The van der Waals surface area contributed by atoms with Crippen LogP contribution in [0.25, 0.3) is 11.0 Å². The van der Waals surface area contributed by atoms with Gasteiger partial charge >= 0.3 is 31.3 Å². The number of hydrogen-bond acceptors (Lipinski definition) is 20. The Kier molecular flexibility index (Phi) is 26.5. The largest absolute Gasteiger partial charge is 0.475 e. The van der Waals surface area contributed by atoms with Crippen LogP contribution in [-0.4, -0.2) is 58.4 Å². The van der Waals surface area contributed by atoms with Crippen molar-refractivity contribution in [2.45, 2.75) is 102 Å². The third-order valence-corrected chi connectivity index (χ3v) is 21.7. The van der Waals surface area contributed by atoms with Crippen molar-refractivity contribution in [3.63, 3.8) is 0 Å². The lowest BCUT2D eigenvalue weighted by molar-refractivity contribution is -0.239. The lowest BCUT2D eigenvalue weighted by atomic mass is 9.84. The SMILES string of the molecule is O=P(OCc1ccccc1)(OCc1ccccc1)O[C@@H]1[C@H](OP(=O)(OCc2ccccc2)OCc2ccccc2)[C@@H](OP(=O)(OCc2ccccc2)OCc2ccccc2)[C@H](OCCCc2ccccc2)[C@H](On2nnc3ccccc32)[C@@H]1OP(=O)(OCc1ccccc1)OCc1ccccc1. The van der Waals surface area contributed by atoms with Crippen LogP contribution in [0.3, 0.4) is 0 Å². The van der Waals surface area contributed by atoms with Crippen LogP contribution in [0.5, 0.6) is 0 Å². The van der Waals surface area contributed by atoms with Crippen LogP contribution in [-0.2, 0) is 137 Å². The summed E-state index contributed by atoms with van der Waals surface area (Å²) in [5.41, 5.74) is 6.00. The summed E-state index contributed by atoms with van der Waals surface area (Å²) in [5.74, 6) is 0. The van der Waals surface area contributed by atoms with Crippen LogP contribution >= 0.6 is 31.3 Å². The summed E-state index contributed by atoms with van der Waals surface area (Å²) < 4.78 is 154. The summed E-state index contributed by atoms with van der Waals surface area (Å²) in [6.07, 6.45) is -11.7. The maximum Gasteiger partial charge on any atom is 0.475 e. The van der Waals surface area contributed by atoms with Crippen molar-refractivity contribution in [2.24, 2.45) is 0 Å². The summed E-state index contributed by atoms with van der Waals surface area (Å²) >= 11 is 0. The fraction of sp³-hybridized carbons (Fsp3) is 0.221. The van der Waals surface area contributed by atoms with E-state index in [1.165, 1.54) is 0 Å². The lowest BCUT2D eigenvalue weighted by Crippen LogP contribution is -2.68. The average Bonchev–Trinajstić information content (AvgIpc) is 0.891. The fourth-order valence-electron chi connectivity index (χ4n) is 10.9. The average molecular weight is 1460 g/mol. The van der Waals surface area contributed by atoms with Gasteiger partial charge in [-0.2, -0.15) is 0 Å². The minimum Gasteiger partial charge on any atom is -0.386 e. The molecule has 0 bridgehead atoms. The third kappa shape index (κ3) is 21.7. The standard InChI is InChI=1S/C77H77N3O18P4/c81-99(86-53-62-33-12-2-13-34-62,87-54-63-35-14-3-15-36-63)95-74-72(85-52-30-49-61-31-10-1-11-32-61)73(94-80-71-51-29-28-50-70(71)78-79-80)75(96-100(82,88-55-64-37-16-4-17-38-64)89-56-65-39-18-5-19-40-65)77(98-102(84,92-59-68-45-24-8-25-46-68)93-60-69-47-26-9-27-48-69)76(74)97-101(83,90-57-66-41-20-6-21-42-66)91-58-67-43-22-7-23-44-67/h1-29,31-48,50-51,72-77H,30,49,52-60H2/t72-,73+,74+,75+,76-,77+/m1/s1. The van der Waals surface area contributed by atoms with Gasteiger partial charge in [-0.25, -0.2) is 18.3 Å². The van der Waals surface area contributed by atoms with E-state index in [0.717, 1.165) is 10.4 Å². The number of fused-ring (bicyclic) bond motifs is 1. The Morgan fingerprint density at radius 3 is 0.794 bits per heavy atom.